The molecule has 5 aliphatic carbocycles. The number of aliphatic hydroxyl groups is 3. The Bertz CT molecular complexity index is 1200. The molecule has 10 nitrogen and oxygen atoms in total. The molecule has 1 aromatic carbocycles. The monoisotopic (exact) mass is 573 g/mol. The molecule has 7 rings (SSSR count). The van der Waals surface area contributed by atoms with Crippen molar-refractivity contribution < 1.29 is 43.8 Å². The van der Waals surface area contributed by atoms with Gasteiger partial charge in [0.15, 0.2) is 0 Å². The minimum Gasteiger partial charge on any atom is -0.455 e. The second-order valence-corrected chi connectivity index (χ2v) is 13.6. The van der Waals surface area contributed by atoms with Gasteiger partial charge in [-0.3, -0.25) is 0 Å². The van der Waals surface area contributed by atoms with E-state index in [-0.39, 0.29) is 35.8 Å². The second kappa shape index (κ2) is 9.19. The Kier molecular flexibility index (Phi) is 6.31. The van der Waals surface area contributed by atoms with E-state index in [1.54, 1.807) is 45.6 Å². The fraction of sp³-hybridized carbons (Fsp3) is 0.774. The Morgan fingerprint density at radius 1 is 1.02 bits per heavy atom. The maximum Gasteiger partial charge on any atom is 0.338 e. The lowest BCUT2D eigenvalue weighted by atomic mass is 9.43. The summed E-state index contributed by atoms with van der Waals surface area (Å²) < 4.78 is 30.6. The largest absolute Gasteiger partial charge is 0.455 e. The molecule has 1 spiro atoms. The topological polar surface area (TPSA) is 127 Å². The zero-order valence-corrected chi connectivity index (χ0v) is 24.4. The first-order valence-corrected chi connectivity index (χ1v) is 14.8. The number of hydrogen-bond donors (Lipinski definition) is 3. The Balaban J connectivity index is 1.46. The number of nitrogens with zero attached hydrogens (tertiary/aromatic N) is 1. The van der Waals surface area contributed by atoms with Gasteiger partial charge >= 0.3 is 5.97 Å². The number of rotatable bonds is 7. The van der Waals surface area contributed by atoms with E-state index in [1.165, 1.54) is 7.11 Å². The van der Waals surface area contributed by atoms with Crippen molar-refractivity contribution in [3.63, 3.8) is 0 Å². The van der Waals surface area contributed by atoms with Gasteiger partial charge in [0.2, 0.25) is 0 Å². The smallest absolute Gasteiger partial charge is 0.338 e. The van der Waals surface area contributed by atoms with Gasteiger partial charge in [-0.05, 0) is 44.4 Å². The number of methoxy groups -OCH3 is 4. The molecule has 6 fully saturated rings. The van der Waals surface area contributed by atoms with Gasteiger partial charge in [-0.25, -0.2) is 4.79 Å². The van der Waals surface area contributed by atoms with Crippen LogP contribution in [-0.2, 0) is 23.7 Å². The van der Waals surface area contributed by atoms with Crippen molar-refractivity contribution in [2.75, 3.05) is 48.6 Å². The summed E-state index contributed by atoms with van der Waals surface area (Å²) in [5.41, 5.74) is -3.95. The number of likely N-dealkylation sites (tertiary alicyclic amines) is 1. The molecule has 5 saturated carbocycles. The molecular weight excluding hydrogens is 530 g/mol. The highest BCUT2D eigenvalue weighted by atomic mass is 16.6. The molecule has 0 radical (unpaired) electrons. The molecule has 0 aromatic heterocycles. The lowest BCUT2D eigenvalue weighted by Gasteiger charge is -2.69. The molecule has 1 heterocycles. The molecule has 41 heavy (non-hydrogen) atoms. The highest BCUT2D eigenvalue weighted by Crippen LogP contribution is 2.80. The van der Waals surface area contributed by atoms with Crippen molar-refractivity contribution >= 4 is 5.97 Å². The first-order valence-electron chi connectivity index (χ1n) is 14.8. The van der Waals surface area contributed by atoms with Crippen LogP contribution >= 0.6 is 0 Å². The number of fused-ring (bicyclic) bond motifs is 2. The molecule has 6 aliphatic rings. The number of carbonyl (C=O) groups excluding carboxylic acids is 1. The van der Waals surface area contributed by atoms with E-state index >= 15 is 0 Å². The normalized spacial score (nSPS) is 52.9. The highest BCUT2D eigenvalue weighted by Gasteiger charge is 2.90. The van der Waals surface area contributed by atoms with Crippen LogP contribution in [0, 0.1) is 34.5 Å². The molecule has 10 heteroatoms. The molecular formula is C31H43NO9. The molecule has 226 valence electrons. The first-order chi connectivity index (χ1) is 19.6. The van der Waals surface area contributed by atoms with Gasteiger partial charge in [0, 0.05) is 69.6 Å². The molecule has 1 aromatic rings. The van der Waals surface area contributed by atoms with Crippen molar-refractivity contribution in [1.82, 2.24) is 4.90 Å². The van der Waals surface area contributed by atoms with E-state index in [2.05, 4.69) is 11.9 Å². The summed E-state index contributed by atoms with van der Waals surface area (Å²) in [6.07, 6.45) is -2.45. The van der Waals surface area contributed by atoms with Crippen LogP contribution < -0.4 is 0 Å². The number of ether oxygens (including phenoxy) is 5. The summed E-state index contributed by atoms with van der Waals surface area (Å²) >= 11 is 0. The predicted molar refractivity (Wildman–Crippen MR) is 145 cm³/mol. The van der Waals surface area contributed by atoms with Crippen LogP contribution in [0.2, 0.25) is 0 Å². The standard InChI is InChI=1S/C31H43NO9/c1-32-14-28(15-37-2)12-11-18(38-3)30-17-13-29(35)25(41-27(34)16-9-7-6-8-10-16)19(17)31(36,24(33)26(29)40-5)20(23(30)32)21(39-4)22(28)30/h6-10,17-26,33,35-36H,11-15H2,1-5H3/t17-,18+,19-,20?,21+,22-,23?,24+,25-,26+,28+,29-,30?,31-/m1/s1. The summed E-state index contributed by atoms with van der Waals surface area (Å²) in [7, 11) is 8.65. The predicted octanol–water partition coefficient (Wildman–Crippen LogP) is 0.716. The van der Waals surface area contributed by atoms with Crippen molar-refractivity contribution in [2.24, 2.45) is 34.5 Å². The van der Waals surface area contributed by atoms with Crippen LogP contribution in [0.1, 0.15) is 29.6 Å². The molecule has 0 amide bonds. The molecule has 3 unspecified atom stereocenters. The van der Waals surface area contributed by atoms with Crippen molar-refractivity contribution in [3.8, 4) is 0 Å². The summed E-state index contributed by atoms with van der Waals surface area (Å²) in [4.78, 5) is 15.8. The van der Waals surface area contributed by atoms with Crippen LogP contribution in [0.4, 0.5) is 0 Å². The zero-order chi connectivity index (χ0) is 29.1. The van der Waals surface area contributed by atoms with Crippen LogP contribution in [0.25, 0.3) is 0 Å². The number of hydrogen-bond acceptors (Lipinski definition) is 10. The van der Waals surface area contributed by atoms with Crippen LogP contribution in [0.3, 0.4) is 0 Å². The summed E-state index contributed by atoms with van der Waals surface area (Å²) in [5, 5.41) is 37.6. The molecule has 7 bridgehead atoms. The Labute approximate surface area is 240 Å². The first kappa shape index (κ1) is 28.2. The average molecular weight is 574 g/mol. The maximum atomic E-state index is 13.5. The van der Waals surface area contributed by atoms with Gasteiger partial charge < -0.3 is 43.9 Å². The number of esters is 1. The van der Waals surface area contributed by atoms with Gasteiger partial charge in [0.05, 0.1) is 24.4 Å². The van der Waals surface area contributed by atoms with E-state index in [4.69, 9.17) is 23.7 Å². The van der Waals surface area contributed by atoms with Crippen LogP contribution in [0.15, 0.2) is 30.3 Å². The van der Waals surface area contributed by atoms with E-state index in [9.17, 15) is 20.1 Å². The lowest BCUT2D eigenvalue weighted by molar-refractivity contribution is -0.313. The Morgan fingerprint density at radius 3 is 2.39 bits per heavy atom. The van der Waals surface area contributed by atoms with E-state index < -0.39 is 58.8 Å². The van der Waals surface area contributed by atoms with Crippen LogP contribution in [0.5, 0.6) is 0 Å². The quantitative estimate of drug-likeness (QED) is 0.402. The van der Waals surface area contributed by atoms with E-state index in [0.29, 0.717) is 12.2 Å². The minimum atomic E-state index is -1.76. The van der Waals surface area contributed by atoms with Crippen molar-refractivity contribution in [2.45, 2.75) is 67.0 Å². The third-order valence-electron chi connectivity index (χ3n) is 12.5. The molecule has 14 atom stereocenters. The third-order valence-corrected chi connectivity index (χ3v) is 12.5. The van der Waals surface area contributed by atoms with Gasteiger partial charge in [-0.1, -0.05) is 18.2 Å². The Hall–Kier alpha value is -1.63. The number of aliphatic hydroxyl groups excluding tert-OH is 1. The summed E-state index contributed by atoms with van der Waals surface area (Å²) in [6.45, 7) is 1.29. The van der Waals surface area contributed by atoms with Gasteiger partial charge in [0.25, 0.3) is 0 Å². The van der Waals surface area contributed by atoms with Crippen molar-refractivity contribution in [3.05, 3.63) is 35.9 Å². The average Bonchev–Trinajstić information content (AvgIpc) is 3.36. The van der Waals surface area contributed by atoms with Crippen molar-refractivity contribution in [1.29, 1.82) is 0 Å². The third kappa shape index (κ3) is 3.08. The zero-order valence-electron chi connectivity index (χ0n) is 24.4. The molecule has 3 N–H and O–H groups in total. The van der Waals surface area contributed by atoms with E-state index in [0.717, 1.165) is 19.4 Å². The Morgan fingerprint density at radius 2 is 1.76 bits per heavy atom. The van der Waals surface area contributed by atoms with Crippen LogP contribution in [-0.4, -0.2) is 123 Å². The minimum absolute atomic E-state index is 0.0644. The second-order valence-electron chi connectivity index (χ2n) is 13.6. The number of benzene rings is 1. The SMILES string of the molecule is COC[C@@]12CC[C@H](OC)C34C(C([C@H](OC)[C@@H]31)[C@]1(O)[C@@H]3[C@H]4C[C@@](O)([C@@H]3OC(=O)c3ccccc3)[C@@H](OC)[C@@H]1O)N(C)C2. The number of carbonyl (C=O) groups is 1. The van der Waals surface area contributed by atoms with Gasteiger partial charge in [-0.15, -0.1) is 0 Å². The fourth-order valence-electron chi connectivity index (χ4n) is 11.8. The van der Waals surface area contributed by atoms with Gasteiger partial charge in [-0.2, -0.15) is 0 Å². The lowest BCUT2D eigenvalue weighted by Crippen LogP contribution is -2.79. The highest BCUT2D eigenvalue weighted by molar-refractivity contribution is 5.89. The van der Waals surface area contributed by atoms with E-state index in [1.807, 2.05) is 6.07 Å². The molecule has 1 saturated heterocycles. The van der Waals surface area contributed by atoms with Gasteiger partial charge in [0.1, 0.15) is 29.5 Å². The number of piperidine rings is 1. The summed E-state index contributed by atoms with van der Waals surface area (Å²) in [6, 6.07) is 8.46. The maximum absolute atomic E-state index is 13.5. The summed E-state index contributed by atoms with van der Waals surface area (Å²) in [5.74, 6) is -2.30. The molecule has 1 aliphatic heterocycles. The fourth-order valence-corrected chi connectivity index (χ4v) is 11.8.